The average molecular weight is 560 g/mol. The van der Waals surface area contributed by atoms with Gasteiger partial charge in [-0.1, -0.05) is 30.3 Å². The van der Waals surface area contributed by atoms with Crippen LogP contribution in [0.3, 0.4) is 0 Å². The minimum absolute atomic E-state index is 0.299. The quantitative estimate of drug-likeness (QED) is 0.493. The number of halogens is 1. The van der Waals surface area contributed by atoms with Gasteiger partial charge in [0.15, 0.2) is 11.2 Å². The molecule has 7 nitrogen and oxygen atoms in total. The molecule has 1 amide bonds. The molecule has 0 spiro atoms. The van der Waals surface area contributed by atoms with Crippen LogP contribution in [0.25, 0.3) is 0 Å². The molecule has 0 saturated heterocycles. The van der Waals surface area contributed by atoms with Crippen LogP contribution in [0.4, 0.5) is 0 Å². The van der Waals surface area contributed by atoms with Gasteiger partial charge in [0.05, 0.1) is 34.4 Å². The van der Waals surface area contributed by atoms with Crippen molar-refractivity contribution in [3.05, 3.63) is 74.4 Å². The standard InChI is InChI=1S/C26H26BrNO6S/c1-28(2)24(30)20-21(14-8-6-5-7-9-14)26(18-10-11-19(27)35-18)25(31,23(20)29)22-16(33-4)12-15(32-3)13-17(22)34-26/h5-13,20-21,23,29,31H,1-4H3/t20-,21-,23-,25+,26+/m1/s1. The Labute approximate surface area is 216 Å². The summed E-state index contributed by atoms with van der Waals surface area (Å²) in [4.78, 5) is 15.7. The fourth-order valence-electron chi connectivity index (χ4n) is 5.68. The van der Waals surface area contributed by atoms with Gasteiger partial charge in [0.1, 0.15) is 23.4 Å². The van der Waals surface area contributed by atoms with Crippen molar-refractivity contribution in [1.82, 2.24) is 4.90 Å². The Morgan fingerprint density at radius 1 is 1.11 bits per heavy atom. The third-order valence-electron chi connectivity index (χ3n) is 7.10. The maximum atomic E-state index is 13.6. The lowest BCUT2D eigenvalue weighted by molar-refractivity contribution is -0.155. The second kappa shape index (κ2) is 8.51. The van der Waals surface area contributed by atoms with Gasteiger partial charge in [0.25, 0.3) is 0 Å². The number of thiophene rings is 1. The van der Waals surface area contributed by atoms with E-state index in [1.54, 1.807) is 26.2 Å². The highest BCUT2D eigenvalue weighted by Gasteiger charge is 2.78. The van der Waals surface area contributed by atoms with E-state index in [1.165, 1.54) is 30.5 Å². The second-order valence-electron chi connectivity index (χ2n) is 9.00. The maximum Gasteiger partial charge on any atom is 0.228 e. The summed E-state index contributed by atoms with van der Waals surface area (Å²) >= 11 is 4.93. The fourth-order valence-corrected chi connectivity index (χ4v) is 7.30. The first-order valence-electron chi connectivity index (χ1n) is 11.1. The van der Waals surface area contributed by atoms with Gasteiger partial charge >= 0.3 is 0 Å². The number of methoxy groups -OCH3 is 2. The van der Waals surface area contributed by atoms with Gasteiger partial charge in [0.2, 0.25) is 5.91 Å². The molecule has 2 aliphatic rings. The number of ether oxygens (including phenoxy) is 3. The van der Waals surface area contributed by atoms with Crippen LogP contribution >= 0.6 is 27.3 Å². The van der Waals surface area contributed by atoms with Crippen molar-refractivity contribution >= 4 is 33.2 Å². The van der Waals surface area contributed by atoms with Crippen LogP contribution in [0.5, 0.6) is 17.2 Å². The van der Waals surface area contributed by atoms with E-state index in [2.05, 4.69) is 15.9 Å². The van der Waals surface area contributed by atoms with E-state index in [1.807, 2.05) is 42.5 Å². The molecule has 35 heavy (non-hydrogen) atoms. The SMILES string of the molecule is COc1cc(OC)c2c(c1)O[C@@]1(c3ccc(Br)s3)[C@H](c3ccccc3)[C@@H](C(=O)N(C)C)[C@@H](O)[C@@]21O. The Bertz CT molecular complexity index is 1280. The number of fused-ring (bicyclic) bond motifs is 3. The van der Waals surface area contributed by atoms with E-state index in [4.69, 9.17) is 14.2 Å². The lowest BCUT2D eigenvalue weighted by Crippen LogP contribution is -2.51. The topological polar surface area (TPSA) is 88.5 Å². The highest BCUT2D eigenvalue weighted by molar-refractivity contribution is 9.11. The van der Waals surface area contributed by atoms with Crippen LogP contribution in [-0.4, -0.2) is 55.4 Å². The third-order valence-corrected chi connectivity index (χ3v) is 8.84. The predicted molar refractivity (Wildman–Crippen MR) is 135 cm³/mol. The lowest BCUT2D eigenvalue weighted by atomic mass is 9.73. The molecule has 0 unspecified atom stereocenters. The Morgan fingerprint density at radius 2 is 1.83 bits per heavy atom. The van der Waals surface area contributed by atoms with Crippen molar-refractivity contribution in [2.75, 3.05) is 28.3 Å². The summed E-state index contributed by atoms with van der Waals surface area (Å²) in [5, 5.41) is 24.6. The Hall–Kier alpha value is -2.59. The number of rotatable bonds is 5. The summed E-state index contributed by atoms with van der Waals surface area (Å²) in [6.07, 6.45) is -1.49. The average Bonchev–Trinajstić information content (AvgIpc) is 3.46. The molecule has 1 saturated carbocycles. The van der Waals surface area contributed by atoms with Crippen molar-refractivity contribution in [2.24, 2.45) is 5.92 Å². The highest BCUT2D eigenvalue weighted by Crippen LogP contribution is 2.71. The maximum absolute atomic E-state index is 13.6. The van der Waals surface area contributed by atoms with Crippen molar-refractivity contribution in [3.63, 3.8) is 0 Å². The zero-order chi connectivity index (χ0) is 25.1. The molecule has 1 fully saturated rings. The van der Waals surface area contributed by atoms with Gasteiger partial charge < -0.3 is 29.3 Å². The lowest BCUT2D eigenvalue weighted by Gasteiger charge is -2.39. The van der Waals surface area contributed by atoms with Gasteiger partial charge in [-0.15, -0.1) is 11.3 Å². The minimum atomic E-state index is -2.00. The molecule has 0 radical (unpaired) electrons. The van der Waals surface area contributed by atoms with E-state index in [-0.39, 0.29) is 5.91 Å². The molecule has 2 heterocycles. The summed E-state index contributed by atoms with van der Waals surface area (Å²) in [6.45, 7) is 0. The summed E-state index contributed by atoms with van der Waals surface area (Å²) in [7, 11) is 6.30. The highest BCUT2D eigenvalue weighted by atomic mass is 79.9. The first-order valence-corrected chi connectivity index (χ1v) is 12.7. The largest absolute Gasteiger partial charge is 0.496 e. The number of nitrogens with zero attached hydrogens (tertiary/aromatic N) is 1. The van der Waals surface area contributed by atoms with Crippen molar-refractivity contribution in [1.29, 1.82) is 0 Å². The van der Waals surface area contributed by atoms with Crippen LogP contribution in [0.15, 0.2) is 58.4 Å². The molecule has 184 valence electrons. The van der Waals surface area contributed by atoms with Gasteiger partial charge in [-0.25, -0.2) is 0 Å². The number of aliphatic hydroxyl groups is 2. The number of carbonyl (C=O) groups is 1. The number of hydrogen-bond acceptors (Lipinski definition) is 7. The number of benzene rings is 2. The summed E-state index contributed by atoms with van der Waals surface area (Å²) in [5.74, 6) is -0.877. The molecular weight excluding hydrogens is 534 g/mol. The summed E-state index contributed by atoms with van der Waals surface area (Å²) in [5.41, 5.74) is -2.44. The molecule has 2 aromatic carbocycles. The van der Waals surface area contributed by atoms with E-state index in [0.29, 0.717) is 27.7 Å². The van der Waals surface area contributed by atoms with Crippen LogP contribution in [0.2, 0.25) is 0 Å². The summed E-state index contributed by atoms with van der Waals surface area (Å²) in [6, 6.07) is 16.5. The van der Waals surface area contributed by atoms with Crippen LogP contribution in [0.1, 0.15) is 21.9 Å². The molecule has 0 bridgehead atoms. The monoisotopic (exact) mass is 559 g/mol. The van der Waals surface area contributed by atoms with E-state index in [0.717, 1.165) is 9.35 Å². The number of aliphatic hydroxyl groups excluding tert-OH is 1. The van der Waals surface area contributed by atoms with Gasteiger partial charge in [-0.05, 0) is 33.6 Å². The Kier molecular flexibility index (Phi) is 5.87. The van der Waals surface area contributed by atoms with Crippen LogP contribution < -0.4 is 14.2 Å². The van der Waals surface area contributed by atoms with E-state index in [9.17, 15) is 15.0 Å². The molecular formula is C26H26BrNO6S. The minimum Gasteiger partial charge on any atom is -0.496 e. The zero-order valence-corrected chi connectivity index (χ0v) is 22.1. The van der Waals surface area contributed by atoms with Gasteiger partial charge in [0, 0.05) is 32.1 Å². The van der Waals surface area contributed by atoms with Crippen LogP contribution in [-0.2, 0) is 16.0 Å². The molecule has 1 aliphatic carbocycles. The van der Waals surface area contributed by atoms with Gasteiger partial charge in [-0.3, -0.25) is 4.79 Å². The molecule has 1 aromatic heterocycles. The Balaban J connectivity index is 1.89. The van der Waals surface area contributed by atoms with Crippen molar-refractivity contribution < 1.29 is 29.2 Å². The Morgan fingerprint density at radius 3 is 2.40 bits per heavy atom. The zero-order valence-electron chi connectivity index (χ0n) is 19.7. The van der Waals surface area contributed by atoms with Crippen molar-refractivity contribution in [2.45, 2.75) is 23.2 Å². The molecule has 2 N–H and O–H groups in total. The second-order valence-corrected chi connectivity index (χ2v) is 11.5. The normalized spacial score (nSPS) is 28.7. The van der Waals surface area contributed by atoms with Crippen molar-refractivity contribution in [3.8, 4) is 17.2 Å². The number of hydrogen-bond donors (Lipinski definition) is 2. The van der Waals surface area contributed by atoms with Gasteiger partial charge in [-0.2, -0.15) is 0 Å². The molecule has 3 aromatic rings. The van der Waals surface area contributed by atoms with E-state index < -0.39 is 29.1 Å². The van der Waals surface area contributed by atoms with E-state index >= 15 is 0 Å². The first kappa shape index (κ1) is 24.1. The number of amides is 1. The summed E-state index contributed by atoms with van der Waals surface area (Å²) < 4.78 is 18.7. The molecule has 1 aliphatic heterocycles. The third kappa shape index (κ3) is 3.18. The smallest absolute Gasteiger partial charge is 0.228 e. The number of carbonyl (C=O) groups excluding carboxylic acids is 1. The predicted octanol–water partition coefficient (Wildman–Crippen LogP) is 3.87. The molecule has 5 atom stereocenters. The van der Waals surface area contributed by atoms with Crippen LogP contribution in [0, 0.1) is 5.92 Å². The first-order chi connectivity index (χ1) is 16.7. The molecule has 5 rings (SSSR count). The fraction of sp³-hybridized carbons (Fsp3) is 0.346. The molecule has 9 heteroatoms.